The number of hydrogen-bond donors (Lipinski definition) is 0. The van der Waals surface area contributed by atoms with Crippen molar-refractivity contribution in [2.24, 2.45) is 0 Å². The second kappa shape index (κ2) is 7.01. The lowest BCUT2D eigenvalue weighted by Gasteiger charge is -2.44. The van der Waals surface area contributed by atoms with Crippen LogP contribution in [0.5, 0.6) is 5.75 Å². The van der Waals surface area contributed by atoms with Crippen LogP contribution in [0.15, 0.2) is 24.3 Å². The van der Waals surface area contributed by atoms with Crippen molar-refractivity contribution < 1.29 is 14.3 Å². The van der Waals surface area contributed by atoms with Gasteiger partial charge in [-0.25, -0.2) is 0 Å². The highest BCUT2D eigenvalue weighted by atomic mass is 16.5. The van der Waals surface area contributed by atoms with E-state index in [9.17, 15) is 4.79 Å². The van der Waals surface area contributed by atoms with Crippen LogP contribution >= 0.6 is 0 Å². The Morgan fingerprint density at radius 2 is 2.26 bits per heavy atom. The van der Waals surface area contributed by atoms with Gasteiger partial charge in [-0.2, -0.15) is 5.26 Å². The summed E-state index contributed by atoms with van der Waals surface area (Å²) in [6, 6.07) is 9.17. The molecule has 1 aromatic rings. The molecule has 0 unspecified atom stereocenters. The van der Waals surface area contributed by atoms with Crippen molar-refractivity contribution in [1.82, 2.24) is 4.90 Å². The maximum Gasteiger partial charge on any atom is 0.263 e. The molecular weight excluding hydrogens is 292 g/mol. The first-order valence-electron chi connectivity index (χ1n) is 8.28. The van der Waals surface area contributed by atoms with Crippen molar-refractivity contribution >= 4 is 5.91 Å². The molecule has 1 aliphatic heterocycles. The monoisotopic (exact) mass is 314 g/mol. The zero-order valence-corrected chi connectivity index (χ0v) is 13.4. The first-order chi connectivity index (χ1) is 11.2. The topological polar surface area (TPSA) is 62.6 Å². The van der Waals surface area contributed by atoms with Gasteiger partial charge in [-0.1, -0.05) is 18.9 Å². The maximum absolute atomic E-state index is 12.8. The zero-order chi connectivity index (χ0) is 16.2. The fourth-order valence-corrected chi connectivity index (χ4v) is 3.50. The van der Waals surface area contributed by atoms with E-state index in [-0.39, 0.29) is 18.1 Å². The summed E-state index contributed by atoms with van der Waals surface area (Å²) in [4.78, 5) is 14.7. The van der Waals surface area contributed by atoms with Crippen LogP contribution in [0.2, 0.25) is 0 Å². The molecule has 3 atom stereocenters. The van der Waals surface area contributed by atoms with Crippen LogP contribution in [-0.4, -0.2) is 42.2 Å². The van der Waals surface area contributed by atoms with Crippen LogP contribution in [-0.2, 0) is 9.53 Å². The van der Waals surface area contributed by atoms with Crippen molar-refractivity contribution in [3.8, 4) is 11.8 Å². The van der Waals surface area contributed by atoms with E-state index in [0.29, 0.717) is 24.5 Å². The highest BCUT2D eigenvalue weighted by molar-refractivity contribution is 5.81. The molecular formula is C18H22N2O3. The molecule has 0 bridgehead atoms. The first kappa shape index (κ1) is 15.8. The second-order valence-corrected chi connectivity index (χ2v) is 6.19. The van der Waals surface area contributed by atoms with E-state index in [1.807, 2.05) is 4.90 Å². The number of rotatable bonds is 3. The molecule has 1 saturated heterocycles. The number of carbonyl (C=O) groups excluding carboxylic acids is 1. The van der Waals surface area contributed by atoms with E-state index in [1.165, 1.54) is 6.42 Å². The van der Waals surface area contributed by atoms with Crippen molar-refractivity contribution in [1.29, 1.82) is 5.26 Å². The van der Waals surface area contributed by atoms with Gasteiger partial charge >= 0.3 is 0 Å². The van der Waals surface area contributed by atoms with Gasteiger partial charge in [0.2, 0.25) is 0 Å². The number of carbonyl (C=O) groups is 1. The number of benzene rings is 1. The van der Waals surface area contributed by atoms with Crippen molar-refractivity contribution in [3.05, 3.63) is 29.8 Å². The average Bonchev–Trinajstić information content (AvgIpc) is 2.60. The number of morpholine rings is 1. The summed E-state index contributed by atoms with van der Waals surface area (Å²) in [7, 11) is 0. The Morgan fingerprint density at radius 3 is 3.09 bits per heavy atom. The normalized spacial score (nSPS) is 25.1. The minimum absolute atomic E-state index is 0.00700. The van der Waals surface area contributed by atoms with Crippen LogP contribution < -0.4 is 4.74 Å². The van der Waals surface area contributed by atoms with Crippen LogP contribution in [0, 0.1) is 11.3 Å². The minimum Gasteiger partial charge on any atom is -0.481 e. The Hall–Kier alpha value is -2.06. The summed E-state index contributed by atoms with van der Waals surface area (Å²) in [6.07, 6.45) is 3.98. The van der Waals surface area contributed by atoms with Gasteiger partial charge in [-0.15, -0.1) is 0 Å². The highest BCUT2D eigenvalue weighted by Crippen LogP contribution is 2.29. The van der Waals surface area contributed by atoms with Crippen LogP contribution in [0.3, 0.4) is 0 Å². The van der Waals surface area contributed by atoms with Gasteiger partial charge in [0.15, 0.2) is 6.10 Å². The zero-order valence-electron chi connectivity index (χ0n) is 13.4. The molecule has 23 heavy (non-hydrogen) atoms. The summed E-state index contributed by atoms with van der Waals surface area (Å²) in [6.45, 7) is 3.00. The molecule has 5 heteroatoms. The van der Waals surface area contributed by atoms with Gasteiger partial charge in [0, 0.05) is 6.54 Å². The van der Waals surface area contributed by atoms with E-state index in [1.54, 1.807) is 31.2 Å². The number of nitriles is 1. The summed E-state index contributed by atoms with van der Waals surface area (Å²) >= 11 is 0. The molecule has 1 aliphatic carbocycles. The number of fused-ring (bicyclic) bond motifs is 1. The predicted octanol–water partition coefficient (Wildman–Crippen LogP) is 2.50. The SMILES string of the molecule is C[C@H](Oc1cccc(C#N)c1)C(=O)N1CCO[C@@H]2CCCC[C@H]21. The van der Waals surface area contributed by atoms with E-state index < -0.39 is 6.10 Å². The lowest BCUT2D eigenvalue weighted by atomic mass is 9.90. The molecule has 3 rings (SSSR count). The Morgan fingerprint density at radius 1 is 1.43 bits per heavy atom. The molecule has 2 aliphatic rings. The molecule has 1 saturated carbocycles. The van der Waals surface area contributed by atoms with Gasteiger partial charge in [-0.3, -0.25) is 4.79 Å². The third-order valence-corrected chi connectivity index (χ3v) is 4.64. The second-order valence-electron chi connectivity index (χ2n) is 6.19. The van der Waals surface area contributed by atoms with E-state index >= 15 is 0 Å². The Balaban J connectivity index is 1.67. The lowest BCUT2D eigenvalue weighted by Crippen LogP contribution is -2.57. The lowest BCUT2D eigenvalue weighted by molar-refractivity contribution is -0.155. The maximum atomic E-state index is 12.8. The van der Waals surface area contributed by atoms with E-state index in [4.69, 9.17) is 14.7 Å². The summed E-state index contributed by atoms with van der Waals surface area (Å²) < 4.78 is 11.6. The largest absolute Gasteiger partial charge is 0.481 e. The van der Waals surface area contributed by atoms with Gasteiger partial charge in [0.1, 0.15) is 5.75 Å². The predicted molar refractivity (Wildman–Crippen MR) is 85.0 cm³/mol. The van der Waals surface area contributed by atoms with Crippen LogP contribution in [0.4, 0.5) is 0 Å². The van der Waals surface area contributed by atoms with Crippen molar-refractivity contribution in [3.63, 3.8) is 0 Å². The van der Waals surface area contributed by atoms with Gasteiger partial charge in [0.05, 0.1) is 30.4 Å². The molecule has 122 valence electrons. The fourth-order valence-electron chi connectivity index (χ4n) is 3.50. The number of ether oxygens (including phenoxy) is 2. The fraction of sp³-hybridized carbons (Fsp3) is 0.556. The standard InChI is InChI=1S/C18H22N2O3/c1-13(23-15-6-4-5-14(11-15)12-19)18(21)20-9-10-22-17-8-3-2-7-16(17)20/h4-6,11,13,16-17H,2-3,7-10H2,1H3/t13-,16+,17+/m0/s1. The summed E-state index contributed by atoms with van der Waals surface area (Å²) in [5.74, 6) is 0.561. The molecule has 1 amide bonds. The third-order valence-electron chi connectivity index (χ3n) is 4.64. The number of hydrogen-bond acceptors (Lipinski definition) is 4. The average molecular weight is 314 g/mol. The smallest absolute Gasteiger partial charge is 0.263 e. The summed E-state index contributed by atoms with van der Waals surface area (Å²) in [5.41, 5.74) is 0.529. The summed E-state index contributed by atoms with van der Waals surface area (Å²) in [5, 5.41) is 8.94. The Bertz CT molecular complexity index is 609. The number of nitrogens with zero attached hydrogens (tertiary/aromatic N) is 2. The Kier molecular flexibility index (Phi) is 4.82. The van der Waals surface area contributed by atoms with Crippen LogP contribution in [0.1, 0.15) is 38.2 Å². The molecule has 1 heterocycles. The molecule has 5 nitrogen and oxygen atoms in total. The van der Waals surface area contributed by atoms with Gasteiger partial charge in [-0.05, 0) is 38.0 Å². The molecule has 0 N–H and O–H groups in total. The quantitative estimate of drug-likeness (QED) is 0.860. The minimum atomic E-state index is -0.565. The molecule has 0 spiro atoms. The van der Waals surface area contributed by atoms with Gasteiger partial charge in [0.25, 0.3) is 5.91 Å². The molecule has 0 aromatic heterocycles. The molecule has 1 aromatic carbocycles. The molecule has 2 fully saturated rings. The third kappa shape index (κ3) is 3.48. The molecule has 0 radical (unpaired) electrons. The van der Waals surface area contributed by atoms with E-state index in [2.05, 4.69) is 6.07 Å². The van der Waals surface area contributed by atoms with E-state index in [0.717, 1.165) is 19.3 Å². The van der Waals surface area contributed by atoms with Crippen LogP contribution in [0.25, 0.3) is 0 Å². The van der Waals surface area contributed by atoms with Crippen molar-refractivity contribution in [2.75, 3.05) is 13.2 Å². The first-order valence-corrected chi connectivity index (χ1v) is 8.28. The van der Waals surface area contributed by atoms with Crippen molar-refractivity contribution in [2.45, 2.75) is 50.9 Å². The Labute approximate surface area is 136 Å². The van der Waals surface area contributed by atoms with Gasteiger partial charge < -0.3 is 14.4 Å². The number of amides is 1. The highest BCUT2D eigenvalue weighted by Gasteiger charge is 2.38.